The van der Waals surface area contributed by atoms with Crippen LogP contribution in [0.25, 0.3) is 0 Å². The van der Waals surface area contributed by atoms with Crippen molar-refractivity contribution < 1.29 is 15.0 Å². The largest absolute Gasteiger partial charge is 0.502 e. The SMILES string of the molecule is CN1CCN(c2nc(NN=Cc3cccc([N+](=O)[O-])c3O)nc(Nc3ccc([N+](=O)[O-])cc3)n2)CC1. The third-order valence-corrected chi connectivity index (χ3v) is 5.35. The number of phenolic OH excluding ortho intramolecular Hbond substituents is 1. The number of anilines is 4. The average molecular weight is 494 g/mol. The molecule has 0 unspecified atom stereocenters. The Balaban J connectivity index is 1.58. The van der Waals surface area contributed by atoms with Crippen molar-refractivity contribution in [2.45, 2.75) is 0 Å². The molecular weight excluding hydrogens is 472 g/mol. The van der Waals surface area contributed by atoms with Crippen molar-refractivity contribution >= 4 is 41.1 Å². The molecule has 3 N–H and O–H groups in total. The molecule has 2 aromatic carbocycles. The van der Waals surface area contributed by atoms with Crippen molar-refractivity contribution in [3.63, 3.8) is 0 Å². The Labute approximate surface area is 204 Å². The van der Waals surface area contributed by atoms with Crippen LogP contribution in [0.5, 0.6) is 5.75 Å². The number of nitrogens with zero attached hydrogens (tertiary/aromatic N) is 8. The highest BCUT2D eigenvalue weighted by Crippen LogP contribution is 2.28. The summed E-state index contributed by atoms with van der Waals surface area (Å²) in [6, 6.07) is 9.88. The maximum atomic E-state index is 11.0. The van der Waals surface area contributed by atoms with E-state index in [9.17, 15) is 25.3 Å². The van der Waals surface area contributed by atoms with Crippen LogP contribution in [0.3, 0.4) is 0 Å². The van der Waals surface area contributed by atoms with Crippen LogP contribution in [-0.4, -0.2) is 74.2 Å². The Kier molecular flexibility index (Phi) is 7.10. The second kappa shape index (κ2) is 10.6. The number of benzene rings is 2. The van der Waals surface area contributed by atoms with Gasteiger partial charge in [0.25, 0.3) is 5.69 Å². The van der Waals surface area contributed by atoms with Crippen LogP contribution < -0.4 is 15.6 Å². The lowest BCUT2D eigenvalue weighted by Crippen LogP contribution is -2.45. The summed E-state index contributed by atoms with van der Waals surface area (Å²) in [5, 5.41) is 39.0. The number of non-ortho nitro benzene ring substituents is 1. The second-order valence-corrected chi connectivity index (χ2v) is 7.84. The van der Waals surface area contributed by atoms with Crippen molar-refractivity contribution in [1.29, 1.82) is 0 Å². The molecule has 4 rings (SSSR count). The number of nitro benzene ring substituents is 2. The third-order valence-electron chi connectivity index (χ3n) is 5.35. The minimum atomic E-state index is -0.690. The minimum Gasteiger partial charge on any atom is -0.502 e. The highest BCUT2D eigenvalue weighted by atomic mass is 16.6. The van der Waals surface area contributed by atoms with Gasteiger partial charge in [-0.05, 0) is 25.2 Å². The standard InChI is InChI=1S/C21H22N10O5/c1-28-9-11-29(12-10-28)21-25-19(23-15-5-7-16(8-6-15)30(33)34)24-20(26-21)27-22-13-14-3-2-4-17(18(14)32)31(35)36/h2-8,13,32H,9-12H2,1H3,(H2,23,24,25,26,27). The lowest BCUT2D eigenvalue weighted by Gasteiger charge is -2.32. The lowest BCUT2D eigenvalue weighted by atomic mass is 10.2. The van der Waals surface area contributed by atoms with Crippen LogP contribution >= 0.6 is 0 Å². The Morgan fingerprint density at radius 1 is 0.972 bits per heavy atom. The van der Waals surface area contributed by atoms with E-state index in [2.05, 4.69) is 35.7 Å². The first-order valence-electron chi connectivity index (χ1n) is 10.8. The number of aromatic nitrogens is 3. The zero-order chi connectivity index (χ0) is 25.7. The first kappa shape index (κ1) is 24.2. The number of piperazine rings is 1. The first-order chi connectivity index (χ1) is 17.3. The summed E-state index contributed by atoms with van der Waals surface area (Å²) < 4.78 is 0. The van der Waals surface area contributed by atoms with E-state index in [-0.39, 0.29) is 23.1 Å². The summed E-state index contributed by atoms with van der Waals surface area (Å²) in [5.41, 5.74) is 2.85. The quantitative estimate of drug-likeness (QED) is 0.236. The normalized spacial score (nSPS) is 14.1. The van der Waals surface area contributed by atoms with Crippen LogP contribution in [0.15, 0.2) is 47.6 Å². The average Bonchev–Trinajstić information content (AvgIpc) is 2.85. The van der Waals surface area contributed by atoms with Gasteiger partial charge in [0.2, 0.25) is 23.6 Å². The molecule has 2 heterocycles. The van der Waals surface area contributed by atoms with E-state index in [1.54, 1.807) is 0 Å². The number of phenols is 1. The van der Waals surface area contributed by atoms with Gasteiger partial charge in [0.15, 0.2) is 0 Å². The van der Waals surface area contributed by atoms with Gasteiger partial charge in [0.05, 0.1) is 16.1 Å². The lowest BCUT2D eigenvalue weighted by molar-refractivity contribution is -0.385. The Bertz CT molecular complexity index is 1290. The molecule has 0 aliphatic carbocycles. The number of nitro groups is 2. The van der Waals surface area contributed by atoms with Gasteiger partial charge in [-0.2, -0.15) is 20.1 Å². The van der Waals surface area contributed by atoms with Crippen molar-refractivity contribution in [3.8, 4) is 5.75 Å². The van der Waals surface area contributed by atoms with Crippen LogP contribution in [0.1, 0.15) is 5.56 Å². The van der Waals surface area contributed by atoms with Crippen LogP contribution in [0, 0.1) is 20.2 Å². The smallest absolute Gasteiger partial charge is 0.311 e. The third kappa shape index (κ3) is 5.76. The molecule has 0 spiro atoms. The molecule has 0 bridgehead atoms. The molecule has 3 aromatic rings. The second-order valence-electron chi connectivity index (χ2n) is 7.84. The van der Waals surface area contributed by atoms with Gasteiger partial charge in [-0.3, -0.25) is 20.2 Å². The van der Waals surface area contributed by atoms with E-state index in [4.69, 9.17) is 0 Å². The van der Waals surface area contributed by atoms with Gasteiger partial charge in [-0.15, -0.1) is 0 Å². The molecule has 15 nitrogen and oxygen atoms in total. The van der Waals surface area contributed by atoms with Crippen LogP contribution in [0.2, 0.25) is 0 Å². The van der Waals surface area contributed by atoms with E-state index < -0.39 is 21.3 Å². The first-order valence-corrected chi connectivity index (χ1v) is 10.8. The summed E-state index contributed by atoms with van der Waals surface area (Å²) in [6.07, 6.45) is 1.21. The van der Waals surface area contributed by atoms with E-state index in [1.807, 2.05) is 11.9 Å². The van der Waals surface area contributed by atoms with Gasteiger partial charge in [-0.1, -0.05) is 6.07 Å². The number of para-hydroxylation sites is 1. The zero-order valence-corrected chi connectivity index (χ0v) is 19.1. The predicted octanol–water partition coefficient (Wildman–Crippen LogP) is 2.33. The van der Waals surface area contributed by atoms with E-state index in [0.717, 1.165) is 13.1 Å². The van der Waals surface area contributed by atoms with Gasteiger partial charge in [0.1, 0.15) is 0 Å². The minimum absolute atomic E-state index is 0.0459. The monoisotopic (exact) mass is 494 g/mol. The molecule has 1 fully saturated rings. The van der Waals surface area contributed by atoms with E-state index in [0.29, 0.717) is 24.7 Å². The van der Waals surface area contributed by atoms with Crippen molar-refractivity contribution in [3.05, 3.63) is 68.3 Å². The molecule has 1 saturated heterocycles. The highest BCUT2D eigenvalue weighted by Gasteiger charge is 2.19. The molecule has 15 heteroatoms. The highest BCUT2D eigenvalue weighted by molar-refractivity contribution is 5.85. The van der Waals surface area contributed by atoms with Gasteiger partial charge >= 0.3 is 5.69 Å². The maximum Gasteiger partial charge on any atom is 0.311 e. The van der Waals surface area contributed by atoms with Crippen LogP contribution in [-0.2, 0) is 0 Å². The fraction of sp³-hybridized carbons (Fsp3) is 0.238. The Morgan fingerprint density at radius 3 is 2.33 bits per heavy atom. The molecule has 1 aromatic heterocycles. The van der Waals surface area contributed by atoms with Crippen LogP contribution in [0.4, 0.5) is 34.9 Å². The molecule has 0 saturated carbocycles. The molecule has 36 heavy (non-hydrogen) atoms. The summed E-state index contributed by atoms with van der Waals surface area (Å²) >= 11 is 0. The Hall–Kier alpha value is -4.92. The van der Waals surface area contributed by atoms with E-state index in [1.165, 1.54) is 48.7 Å². The summed E-state index contributed by atoms with van der Waals surface area (Å²) in [7, 11) is 2.03. The number of aromatic hydroxyl groups is 1. The molecule has 1 aliphatic heterocycles. The van der Waals surface area contributed by atoms with E-state index >= 15 is 0 Å². The molecule has 1 aliphatic rings. The molecule has 0 amide bonds. The number of rotatable bonds is 8. The number of hydrazone groups is 1. The predicted molar refractivity (Wildman–Crippen MR) is 132 cm³/mol. The van der Waals surface area contributed by atoms with Gasteiger partial charge in [0, 0.05) is 55.6 Å². The molecule has 186 valence electrons. The topological polar surface area (TPSA) is 188 Å². The van der Waals surface area contributed by atoms with Crippen molar-refractivity contribution in [2.75, 3.05) is 48.9 Å². The molecule has 0 atom stereocenters. The van der Waals surface area contributed by atoms with Gasteiger partial charge < -0.3 is 20.2 Å². The number of hydrogen-bond donors (Lipinski definition) is 3. The number of hydrogen-bond acceptors (Lipinski definition) is 13. The van der Waals surface area contributed by atoms with Gasteiger partial charge in [-0.25, -0.2) is 5.43 Å². The van der Waals surface area contributed by atoms with Crippen molar-refractivity contribution in [1.82, 2.24) is 19.9 Å². The number of nitrogens with one attached hydrogen (secondary N) is 2. The van der Waals surface area contributed by atoms with Crippen molar-refractivity contribution in [2.24, 2.45) is 5.10 Å². The maximum absolute atomic E-state index is 11.0. The fourth-order valence-corrected chi connectivity index (χ4v) is 3.37. The molecule has 0 radical (unpaired) electrons. The summed E-state index contributed by atoms with van der Waals surface area (Å²) in [5.74, 6) is 0.161. The zero-order valence-electron chi connectivity index (χ0n) is 19.1. The molecular formula is C21H22N10O5. The summed E-state index contributed by atoms with van der Waals surface area (Å²) in [6.45, 7) is 3.04. The fourth-order valence-electron chi connectivity index (χ4n) is 3.37. The number of likely N-dealkylation sites (N-methyl/N-ethyl adjacent to an activating group) is 1. The summed E-state index contributed by atoms with van der Waals surface area (Å²) in [4.78, 5) is 38.1. The Morgan fingerprint density at radius 2 is 1.67 bits per heavy atom.